The number of rotatable bonds is 2. The molecule has 2 rings (SSSR count). The molecule has 0 bridgehead atoms. The molecule has 1 aromatic heterocycles. The lowest BCUT2D eigenvalue weighted by Gasteiger charge is -2.09. The molecule has 1 aromatic rings. The molecule has 2 nitrogen and oxygen atoms in total. The van der Waals surface area contributed by atoms with E-state index in [2.05, 4.69) is 10.3 Å². The minimum absolute atomic E-state index is 0.421. The zero-order valence-corrected chi connectivity index (χ0v) is 9.24. The maximum absolute atomic E-state index is 12.3. The highest BCUT2D eigenvalue weighted by Gasteiger charge is 2.30. The van der Waals surface area contributed by atoms with Crippen LogP contribution in [0.15, 0.2) is 23.4 Å². The van der Waals surface area contributed by atoms with Gasteiger partial charge in [0.15, 0.2) is 0 Å². The fourth-order valence-corrected chi connectivity index (χ4v) is 2.56. The van der Waals surface area contributed by atoms with Crippen molar-refractivity contribution in [2.75, 3.05) is 13.1 Å². The summed E-state index contributed by atoms with van der Waals surface area (Å²) in [4.78, 5) is 3.82. The first-order valence-corrected chi connectivity index (χ1v) is 5.84. The van der Waals surface area contributed by atoms with Gasteiger partial charge in [0.2, 0.25) is 0 Å². The molecule has 0 amide bonds. The largest absolute Gasteiger partial charge is 0.417 e. The van der Waals surface area contributed by atoms with Crippen LogP contribution in [0.2, 0.25) is 0 Å². The first kappa shape index (κ1) is 11.7. The molecule has 1 atom stereocenters. The van der Waals surface area contributed by atoms with Crippen LogP contribution in [0.4, 0.5) is 13.2 Å². The van der Waals surface area contributed by atoms with E-state index >= 15 is 0 Å². The van der Waals surface area contributed by atoms with Gasteiger partial charge in [0, 0.05) is 18.0 Å². The van der Waals surface area contributed by atoms with Crippen molar-refractivity contribution in [2.45, 2.75) is 22.9 Å². The van der Waals surface area contributed by atoms with Crippen LogP contribution in [0.3, 0.4) is 0 Å². The lowest BCUT2D eigenvalue weighted by molar-refractivity contribution is -0.137. The van der Waals surface area contributed by atoms with Gasteiger partial charge in [-0.05, 0) is 25.1 Å². The summed E-state index contributed by atoms with van der Waals surface area (Å²) in [6.45, 7) is 1.87. The van der Waals surface area contributed by atoms with Gasteiger partial charge in [0.05, 0.1) is 10.6 Å². The molecule has 88 valence electrons. The number of nitrogens with one attached hydrogen (secondary N) is 1. The van der Waals surface area contributed by atoms with E-state index in [1.54, 1.807) is 0 Å². The van der Waals surface area contributed by atoms with Crippen LogP contribution in [0.1, 0.15) is 12.0 Å². The summed E-state index contributed by atoms with van der Waals surface area (Å²) in [6, 6.07) is 2.52. The molecule has 0 saturated carbocycles. The lowest BCUT2D eigenvalue weighted by atomic mass is 10.3. The molecule has 1 aliphatic heterocycles. The molecule has 0 aliphatic carbocycles. The minimum Gasteiger partial charge on any atom is -0.316 e. The molecule has 0 radical (unpaired) electrons. The van der Waals surface area contributed by atoms with E-state index in [-0.39, 0.29) is 0 Å². The van der Waals surface area contributed by atoms with Crippen molar-refractivity contribution < 1.29 is 13.2 Å². The number of alkyl halides is 3. The zero-order valence-electron chi connectivity index (χ0n) is 8.42. The van der Waals surface area contributed by atoms with Crippen molar-refractivity contribution in [1.29, 1.82) is 0 Å². The summed E-state index contributed by atoms with van der Waals surface area (Å²) in [5, 5.41) is 4.27. The number of hydrogen-bond donors (Lipinski definition) is 1. The molecule has 2 heterocycles. The van der Waals surface area contributed by atoms with Gasteiger partial charge in [-0.15, -0.1) is 11.8 Å². The Morgan fingerprint density at radius 1 is 1.38 bits per heavy atom. The van der Waals surface area contributed by atoms with Crippen LogP contribution < -0.4 is 5.32 Å². The van der Waals surface area contributed by atoms with Crippen molar-refractivity contribution >= 4 is 11.8 Å². The third kappa shape index (κ3) is 2.89. The molecule has 1 aliphatic rings. The normalized spacial score (nSPS) is 21.3. The number of nitrogens with zero attached hydrogens (tertiary/aromatic N) is 1. The van der Waals surface area contributed by atoms with Crippen molar-refractivity contribution in [3.63, 3.8) is 0 Å². The van der Waals surface area contributed by atoms with Crippen molar-refractivity contribution in [3.8, 4) is 0 Å². The highest BCUT2D eigenvalue weighted by Crippen LogP contribution is 2.31. The summed E-state index contributed by atoms with van der Waals surface area (Å²) in [6.07, 6.45) is -2.37. The van der Waals surface area contributed by atoms with Crippen molar-refractivity contribution in [2.24, 2.45) is 0 Å². The Morgan fingerprint density at radius 3 is 2.69 bits per heavy atom. The predicted molar refractivity (Wildman–Crippen MR) is 56.4 cm³/mol. The number of pyridine rings is 1. The van der Waals surface area contributed by atoms with Gasteiger partial charge in [-0.1, -0.05) is 0 Å². The number of hydrogen-bond acceptors (Lipinski definition) is 3. The third-order valence-electron chi connectivity index (χ3n) is 2.37. The van der Waals surface area contributed by atoms with E-state index in [1.807, 2.05) is 0 Å². The SMILES string of the molecule is FC(F)(F)c1ccc(S[C@H]2CCNC2)nc1. The average molecular weight is 248 g/mol. The third-order valence-corrected chi connectivity index (χ3v) is 3.58. The molecule has 0 aromatic carbocycles. The molecule has 1 fully saturated rings. The molecule has 6 heteroatoms. The standard InChI is InChI=1S/C10H11F3N2S/c11-10(12,13)7-1-2-9(15-5-7)16-8-3-4-14-6-8/h1-2,5,8,14H,3-4,6H2/t8-/m0/s1. The van der Waals surface area contributed by atoms with E-state index < -0.39 is 11.7 Å². The first-order valence-electron chi connectivity index (χ1n) is 4.96. The second-order valence-corrected chi connectivity index (χ2v) is 4.94. The molecule has 0 unspecified atom stereocenters. The van der Waals surface area contributed by atoms with Crippen LogP contribution in [0.5, 0.6) is 0 Å². The van der Waals surface area contributed by atoms with Gasteiger partial charge in [-0.3, -0.25) is 0 Å². The Balaban J connectivity index is 2.01. The fourth-order valence-electron chi connectivity index (χ4n) is 1.52. The topological polar surface area (TPSA) is 24.9 Å². The minimum atomic E-state index is -4.30. The Kier molecular flexibility index (Phi) is 3.39. The maximum Gasteiger partial charge on any atom is 0.417 e. The predicted octanol–water partition coefficient (Wildman–Crippen LogP) is 2.55. The molecular formula is C10H11F3N2S. The van der Waals surface area contributed by atoms with Gasteiger partial charge in [0.25, 0.3) is 0 Å². The van der Waals surface area contributed by atoms with Gasteiger partial charge in [-0.2, -0.15) is 13.2 Å². The Hall–Kier alpha value is -0.750. The van der Waals surface area contributed by atoms with E-state index in [0.717, 1.165) is 31.8 Å². The molecule has 1 N–H and O–H groups in total. The Morgan fingerprint density at radius 2 is 2.19 bits per heavy atom. The number of halogens is 3. The Bertz CT molecular complexity index is 344. The van der Waals surface area contributed by atoms with Crippen LogP contribution in [0.25, 0.3) is 0 Å². The quantitative estimate of drug-likeness (QED) is 0.870. The van der Waals surface area contributed by atoms with Crippen molar-refractivity contribution in [1.82, 2.24) is 10.3 Å². The van der Waals surface area contributed by atoms with Gasteiger partial charge >= 0.3 is 6.18 Å². The summed E-state index contributed by atoms with van der Waals surface area (Å²) in [5.41, 5.74) is -0.693. The second-order valence-electron chi connectivity index (χ2n) is 3.62. The Labute approximate surface area is 95.6 Å². The zero-order chi connectivity index (χ0) is 11.6. The highest BCUT2D eigenvalue weighted by atomic mass is 32.2. The number of thioether (sulfide) groups is 1. The fraction of sp³-hybridized carbons (Fsp3) is 0.500. The van der Waals surface area contributed by atoms with Crippen molar-refractivity contribution in [3.05, 3.63) is 23.9 Å². The average Bonchev–Trinajstić information content (AvgIpc) is 2.70. The van der Waals surface area contributed by atoms with Crippen LogP contribution in [-0.2, 0) is 6.18 Å². The summed E-state index contributed by atoms with van der Waals surface area (Å²) in [5.74, 6) is 0. The highest BCUT2D eigenvalue weighted by molar-refractivity contribution is 7.99. The summed E-state index contributed by atoms with van der Waals surface area (Å²) in [7, 11) is 0. The molecular weight excluding hydrogens is 237 g/mol. The summed E-state index contributed by atoms with van der Waals surface area (Å²) >= 11 is 1.53. The van der Waals surface area contributed by atoms with E-state index in [4.69, 9.17) is 0 Å². The van der Waals surface area contributed by atoms with Crippen LogP contribution in [0, 0.1) is 0 Å². The second kappa shape index (κ2) is 4.63. The summed E-state index contributed by atoms with van der Waals surface area (Å²) < 4.78 is 36.8. The lowest BCUT2D eigenvalue weighted by Crippen LogP contribution is -2.10. The van der Waals surface area contributed by atoms with E-state index in [0.29, 0.717) is 10.3 Å². The van der Waals surface area contributed by atoms with Gasteiger partial charge in [-0.25, -0.2) is 4.98 Å². The molecule has 1 saturated heterocycles. The molecule has 0 spiro atoms. The van der Waals surface area contributed by atoms with Crippen LogP contribution in [-0.4, -0.2) is 23.3 Å². The monoisotopic (exact) mass is 248 g/mol. The number of aromatic nitrogens is 1. The van der Waals surface area contributed by atoms with Crippen LogP contribution >= 0.6 is 11.8 Å². The molecule has 16 heavy (non-hydrogen) atoms. The van der Waals surface area contributed by atoms with E-state index in [9.17, 15) is 13.2 Å². The van der Waals surface area contributed by atoms with Gasteiger partial charge < -0.3 is 5.32 Å². The maximum atomic E-state index is 12.3. The van der Waals surface area contributed by atoms with E-state index in [1.165, 1.54) is 17.8 Å². The first-order chi connectivity index (χ1) is 7.55. The van der Waals surface area contributed by atoms with Gasteiger partial charge in [0.1, 0.15) is 0 Å². The smallest absolute Gasteiger partial charge is 0.316 e.